The first-order valence-electron chi connectivity index (χ1n) is 8.77. The van der Waals surface area contributed by atoms with Crippen molar-refractivity contribution in [1.82, 2.24) is 5.32 Å². The normalized spacial score (nSPS) is 10.4. The summed E-state index contributed by atoms with van der Waals surface area (Å²) in [4.78, 5) is 12.0. The standard InChI is InChI=1S/C21H24N2O3S/c1-3-4-15-26-19-12-8-17(9-13-19)22-21(27)23-20(24)14-7-16-5-10-18(25-2)11-6-16/h5-14H,3-4,15H2,1-2H3,(H2,22,23,24,27)/b14-7+. The van der Waals surface area contributed by atoms with Crippen molar-refractivity contribution >= 4 is 35.0 Å². The molecule has 0 saturated carbocycles. The zero-order valence-corrected chi connectivity index (χ0v) is 16.3. The van der Waals surface area contributed by atoms with E-state index in [-0.39, 0.29) is 11.0 Å². The number of benzene rings is 2. The summed E-state index contributed by atoms with van der Waals surface area (Å²) in [7, 11) is 1.61. The summed E-state index contributed by atoms with van der Waals surface area (Å²) in [5.74, 6) is 1.28. The van der Waals surface area contributed by atoms with E-state index in [0.29, 0.717) is 6.61 Å². The van der Waals surface area contributed by atoms with E-state index in [0.717, 1.165) is 35.6 Å². The number of methoxy groups -OCH3 is 1. The maximum Gasteiger partial charge on any atom is 0.250 e. The first kappa shape index (κ1) is 20.5. The Balaban J connectivity index is 1.80. The Morgan fingerprint density at radius 2 is 1.74 bits per heavy atom. The molecule has 0 fully saturated rings. The molecule has 142 valence electrons. The molecule has 2 aromatic rings. The van der Waals surface area contributed by atoms with Gasteiger partial charge in [-0.25, -0.2) is 0 Å². The fraction of sp³-hybridized carbons (Fsp3) is 0.238. The zero-order valence-electron chi connectivity index (χ0n) is 15.5. The van der Waals surface area contributed by atoms with Gasteiger partial charge in [-0.05, 0) is 66.7 Å². The van der Waals surface area contributed by atoms with Gasteiger partial charge >= 0.3 is 0 Å². The van der Waals surface area contributed by atoms with Crippen LogP contribution in [0.2, 0.25) is 0 Å². The summed E-state index contributed by atoms with van der Waals surface area (Å²) >= 11 is 5.17. The van der Waals surface area contributed by atoms with Gasteiger partial charge in [-0.3, -0.25) is 10.1 Å². The van der Waals surface area contributed by atoms with Gasteiger partial charge in [-0.15, -0.1) is 0 Å². The number of thiocarbonyl (C=S) groups is 1. The summed E-state index contributed by atoms with van der Waals surface area (Å²) in [6.07, 6.45) is 5.26. The van der Waals surface area contributed by atoms with Crippen LogP contribution in [0.25, 0.3) is 6.08 Å². The van der Waals surface area contributed by atoms with Crippen molar-refractivity contribution in [3.8, 4) is 11.5 Å². The van der Waals surface area contributed by atoms with Gasteiger partial charge in [-0.1, -0.05) is 25.5 Å². The number of carbonyl (C=O) groups excluding carboxylic acids is 1. The monoisotopic (exact) mass is 384 g/mol. The number of amides is 1. The molecule has 1 amide bonds. The molecule has 0 aromatic heterocycles. The molecular weight excluding hydrogens is 360 g/mol. The molecule has 2 N–H and O–H groups in total. The lowest BCUT2D eigenvalue weighted by Crippen LogP contribution is -2.32. The number of rotatable bonds is 8. The second kappa shape index (κ2) is 11.0. The summed E-state index contributed by atoms with van der Waals surface area (Å²) in [6, 6.07) is 14.8. The van der Waals surface area contributed by atoms with E-state index in [4.69, 9.17) is 21.7 Å². The largest absolute Gasteiger partial charge is 0.497 e. The van der Waals surface area contributed by atoms with Crippen molar-refractivity contribution in [2.75, 3.05) is 19.0 Å². The number of ether oxygens (including phenoxy) is 2. The zero-order chi connectivity index (χ0) is 19.5. The number of carbonyl (C=O) groups is 1. The predicted molar refractivity (Wildman–Crippen MR) is 113 cm³/mol. The minimum Gasteiger partial charge on any atom is -0.497 e. The van der Waals surface area contributed by atoms with E-state index < -0.39 is 0 Å². The van der Waals surface area contributed by atoms with Crippen LogP contribution in [-0.4, -0.2) is 24.7 Å². The molecule has 0 radical (unpaired) electrons. The highest BCUT2D eigenvalue weighted by atomic mass is 32.1. The summed E-state index contributed by atoms with van der Waals surface area (Å²) in [5, 5.41) is 5.83. The lowest BCUT2D eigenvalue weighted by Gasteiger charge is -2.09. The molecule has 6 heteroatoms. The Bertz CT molecular complexity index is 771. The lowest BCUT2D eigenvalue weighted by atomic mass is 10.2. The van der Waals surface area contributed by atoms with Crippen LogP contribution in [0.1, 0.15) is 25.3 Å². The highest BCUT2D eigenvalue weighted by molar-refractivity contribution is 7.80. The Kier molecular flexibility index (Phi) is 8.32. The molecule has 0 unspecified atom stereocenters. The third kappa shape index (κ3) is 7.50. The van der Waals surface area contributed by atoms with Crippen molar-refractivity contribution in [1.29, 1.82) is 0 Å². The van der Waals surface area contributed by atoms with Crippen LogP contribution in [-0.2, 0) is 4.79 Å². The van der Waals surface area contributed by atoms with Crippen LogP contribution < -0.4 is 20.1 Å². The topological polar surface area (TPSA) is 59.6 Å². The second-order valence-corrected chi connectivity index (χ2v) is 6.18. The van der Waals surface area contributed by atoms with Crippen molar-refractivity contribution in [2.24, 2.45) is 0 Å². The van der Waals surface area contributed by atoms with Gasteiger partial charge in [0.1, 0.15) is 11.5 Å². The number of unbranched alkanes of at least 4 members (excludes halogenated alkanes) is 1. The number of hydrogen-bond donors (Lipinski definition) is 2. The summed E-state index contributed by atoms with van der Waals surface area (Å²) < 4.78 is 10.7. The average Bonchev–Trinajstić information content (AvgIpc) is 2.68. The third-order valence-electron chi connectivity index (χ3n) is 3.66. The molecule has 2 aromatic carbocycles. The van der Waals surface area contributed by atoms with Gasteiger partial charge in [0.05, 0.1) is 13.7 Å². The minimum absolute atomic E-state index is 0.235. The van der Waals surface area contributed by atoms with Crippen LogP contribution in [0.4, 0.5) is 5.69 Å². The first-order chi connectivity index (χ1) is 13.1. The molecule has 5 nitrogen and oxygen atoms in total. The Hall–Kier alpha value is -2.86. The molecule has 0 aliphatic heterocycles. The van der Waals surface area contributed by atoms with E-state index in [1.54, 1.807) is 13.2 Å². The maximum absolute atomic E-state index is 12.0. The van der Waals surface area contributed by atoms with Gasteiger partial charge < -0.3 is 14.8 Å². The van der Waals surface area contributed by atoms with Crippen LogP contribution in [0.15, 0.2) is 54.6 Å². The van der Waals surface area contributed by atoms with E-state index >= 15 is 0 Å². The van der Waals surface area contributed by atoms with Crippen molar-refractivity contribution in [2.45, 2.75) is 19.8 Å². The molecule has 0 aliphatic rings. The highest BCUT2D eigenvalue weighted by Gasteiger charge is 2.02. The second-order valence-electron chi connectivity index (χ2n) is 5.78. The van der Waals surface area contributed by atoms with Gasteiger partial charge in [0.2, 0.25) is 5.91 Å². The maximum atomic E-state index is 12.0. The van der Waals surface area contributed by atoms with Crippen LogP contribution in [0, 0.1) is 0 Å². The Labute approximate surface area is 165 Å². The van der Waals surface area contributed by atoms with E-state index in [2.05, 4.69) is 17.6 Å². The summed E-state index contributed by atoms with van der Waals surface area (Å²) in [5.41, 5.74) is 1.67. The molecule has 0 atom stereocenters. The van der Waals surface area contributed by atoms with Gasteiger partial charge in [0, 0.05) is 11.8 Å². The number of anilines is 1. The molecule has 0 aliphatic carbocycles. The predicted octanol–water partition coefficient (Wildman–Crippen LogP) is 4.40. The molecule has 0 saturated heterocycles. The Morgan fingerprint density at radius 1 is 1.07 bits per heavy atom. The van der Waals surface area contributed by atoms with Crippen LogP contribution in [0.3, 0.4) is 0 Å². The highest BCUT2D eigenvalue weighted by Crippen LogP contribution is 2.16. The molecule has 0 bridgehead atoms. The van der Waals surface area contributed by atoms with Crippen LogP contribution >= 0.6 is 12.2 Å². The van der Waals surface area contributed by atoms with E-state index in [1.165, 1.54) is 6.08 Å². The molecule has 2 rings (SSSR count). The van der Waals surface area contributed by atoms with Crippen LogP contribution in [0.5, 0.6) is 11.5 Å². The van der Waals surface area contributed by atoms with Crippen molar-refractivity contribution < 1.29 is 14.3 Å². The number of nitrogens with one attached hydrogen (secondary N) is 2. The molecule has 27 heavy (non-hydrogen) atoms. The van der Waals surface area contributed by atoms with E-state index in [1.807, 2.05) is 48.5 Å². The fourth-order valence-corrected chi connectivity index (χ4v) is 2.39. The third-order valence-corrected chi connectivity index (χ3v) is 3.86. The molecular formula is C21H24N2O3S. The fourth-order valence-electron chi connectivity index (χ4n) is 2.17. The summed E-state index contributed by atoms with van der Waals surface area (Å²) in [6.45, 7) is 2.83. The molecule has 0 spiro atoms. The smallest absolute Gasteiger partial charge is 0.250 e. The van der Waals surface area contributed by atoms with E-state index in [9.17, 15) is 4.79 Å². The van der Waals surface area contributed by atoms with Crippen molar-refractivity contribution in [3.63, 3.8) is 0 Å². The van der Waals surface area contributed by atoms with Gasteiger partial charge in [-0.2, -0.15) is 0 Å². The van der Waals surface area contributed by atoms with Crippen molar-refractivity contribution in [3.05, 3.63) is 60.2 Å². The first-order valence-corrected chi connectivity index (χ1v) is 9.18. The van der Waals surface area contributed by atoms with Gasteiger partial charge in [0.25, 0.3) is 0 Å². The number of hydrogen-bond acceptors (Lipinski definition) is 4. The van der Waals surface area contributed by atoms with Gasteiger partial charge in [0.15, 0.2) is 5.11 Å². The molecule has 0 heterocycles. The lowest BCUT2D eigenvalue weighted by molar-refractivity contribution is -0.115. The average molecular weight is 385 g/mol. The quantitative estimate of drug-likeness (QED) is 0.401. The Morgan fingerprint density at radius 3 is 2.37 bits per heavy atom. The SMILES string of the molecule is CCCCOc1ccc(NC(=S)NC(=O)/C=C/c2ccc(OC)cc2)cc1. The minimum atomic E-state index is -0.303.